The molecule has 1 aromatic carbocycles. The number of rotatable bonds is 3. The van der Waals surface area contributed by atoms with E-state index < -0.39 is 0 Å². The Morgan fingerprint density at radius 2 is 2.12 bits per heavy atom. The molecule has 2 rings (SSSR count). The lowest BCUT2D eigenvalue weighted by molar-refractivity contribution is 0.0741. The monoisotopic (exact) mass is 232 g/mol. The molecule has 1 amide bonds. The third kappa shape index (κ3) is 2.50. The molecule has 0 spiro atoms. The van der Waals surface area contributed by atoms with Crippen molar-refractivity contribution in [3.05, 3.63) is 35.4 Å². The Bertz CT molecular complexity index is 386. The summed E-state index contributed by atoms with van der Waals surface area (Å²) in [7, 11) is 0. The molecule has 1 atom stereocenters. The predicted octanol–water partition coefficient (Wildman–Crippen LogP) is 1.81. The molecule has 1 aliphatic rings. The molecule has 1 saturated heterocycles. The lowest BCUT2D eigenvalue weighted by Crippen LogP contribution is -2.39. The minimum absolute atomic E-state index is 0.126. The van der Waals surface area contributed by atoms with Crippen LogP contribution in [0.4, 0.5) is 0 Å². The van der Waals surface area contributed by atoms with Gasteiger partial charge in [-0.05, 0) is 37.0 Å². The first-order valence-corrected chi connectivity index (χ1v) is 6.36. The van der Waals surface area contributed by atoms with Crippen LogP contribution in [0.3, 0.4) is 0 Å². The van der Waals surface area contributed by atoms with E-state index in [9.17, 15) is 4.79 Å². The van der Waals surface area contributed by atoms with Crippen molar-refractivity contribution < 1.29 is 4.79 Å². The van der Waals surface area contributed by atoms with Crippen molar-refractivity contribution in [2.24, 2.45) is 5.73 Å². The molecule has 1 fully saturated rings. The van der Waals surface area contributed by atoms with Gasteiger partial charge in [-0.25, -0.2) is 0 Å². The number of carbonyl (C=O) groups excluding carboxylic acids is 1. The zero-order chi connectivity index (χ0) is 12.3. The first-order chi connectivity index (χ1) is 8.26. The van der Waals surface area contributed by atoms with Gasteiger partial charge in [0.25, 0.3) is 5.91 Å². The second-order valence-electron chi connectivity index (χ2n) is 4.58. The third-order valence-corrected chi connectivity index (χ3v) is 3.52. The summed E-state index contributed by atoms with van der Waals surface area (Å²) in [6.07, 6.45) is 3.11. The van der Waals surface area contributed by atoms with Gasteiger partial charge in [0.1, 0.15) is 0 Å². The second-order valence-corrected chi connectivity index (χ2v) is 4.58. The maximum Gasteiger partial charge on any atom is 0.254 e. The molecule has 2 N–H and O–H groups in total. The summed E-state index contributed by atoms with van der Waals surface area (Å²) in [5, 5.41) is 0. The van der Waals surface area contributed by atoms with Crippen LogP contribution in [-0.2, 0) is 6.42 Å². The van der Waals surface area contributed by atoms with Crippen LogP contribution in [-0.4, -0.2) is 29.9 Å². The average Bonchev–Trinajstić information content (AvgIpc) is 2.86. The van der Waals surface area contributed by atoms with Crippen molar-refractivity contribution >= 4 is 5.91 Å². The van der Waals surface area contributed by atoms with Crippen molar-refractivity contribution in [2.45, 2.75) is 32.2 Å². The Labute approximate surface area is 103 Å². The van der Waals surface area contributed by atoms with E-state index in [-0.39, 0.29) is 11.9 Å². The fraction of sp³-hybridized carbons (Fsp3) is 0.500. The summed E-state index contributed by atoms with van der Waals surface area (Å²) in [5.74, 6) is 0.126. The quantitative estimate of drug-likeness (QED) is 0.864. The molecule has 1 aliphatic heterocycles. The molecule has 3 heteroatoms. The van der Waals surface area contributed by atoms with Gasteiger partial charge in [0.2, 0.25) is 0 Å². The van der Waals surface area contributed by atoms with E-state index in [1.807, 2.05) is 29.2 Å². The number of hydrogen-bond acceptors (Lipinski definition) is 2. The SMILES string of the molecule is CCc1ccc(C(=O)N2CCCC2CN)cc1. The van der Waals surface area contributed by atoms with Gasteiger partial charge < -0.3 is 10.6 Å². The Morgan fingerprint density at radius 1 is 1.41 bits per heavy atom. The maximum atomic E-state index is 12.3. The number of benzene rings is 1. The van der Waals surface area contributed by atoms with Gasteiger partial charge in [0.15, 0.2) is 0 Å². The van der Waals surface area contributed by atoms with Crippen LogP contribution in [0.2, 0.25) is 0 Å². The van der Waals surface area contributed by atoms with Gasteiger partial charge in [-0.3, -0.25) is 4.79 Å². The summed E-state index contributed by atoms with van der Waals surface area (Å²) in [6.45, 7) is 3.52. The zero-order valence-electron chi connectivity index (χ0n) is 10.4. The molecule has 17 heavy (non-hydrogen) atoms. The number of carbonyl (C=O) groups is 1. The van der Waals surface area contributed by atoms with Crippen molar-refractivity contribution in [2.75, 3.05) is 13.1 Å². The largest absolute Gasteiger partial charge is 0.334 e. The maximum absolute atomic E-state index is 12.3. The van der Waals surface area contributed by atoms with Gasteiger partial charge in [0, 0.05) is 24.7 Å². The van der Waals surface area contributed by atoms with Gasteiger partial charge in [-0.1, -0.05) is 19.1 Å². The average molecular weight is 232 g/mol. The smallest absolute Gasteiger partial charge is 0.254 e. The van der Waals surface area contributed by atoms with Crippen molar-refractivity contribution in [1.29, 1.82) is 0 Å². The van der Waals surface area contributed by atoms with Crippen molar-refractivity contribution in [3.63, 3.8) is 0 Å². The van der Waals surface area contributed by atoms with E-state index in [2.05, 4.69) is 6.92 Å². The molecule has 1 unspecified atom stereocenters. The van der Waals surface area contributed by atoms with Gasteiger partial charge in [-0.2, -0.15) is 0 Å². The Kier molecular flexibility index (Phi) is 3.79. The third-order valence-electron chi connectivity index (χ3n) is 3.52. The molecular weight excluding hydrogens is 212 g/mol. The molecule has 0 aliphatic carbocycles. The molecule has 0 radical (unpaired) electrons. The first-order valence-electron chi connectivity index (χ1n) is 6.36. The van der Waals surface area contributed by atoms with Gasteiger partial charge >= 0.3 is 0 Å². The van der Waals surface area contributed by atoms with Crippen LogP contribution in [0.1, 0.15) is 35.7 Å². The van der Waals surface area contributed by atoms with Crippen LogP contribution in [0.25, 0.3) is 0 Å². The van der Waals surface area contributed by atoms with E-state index in [1.165, 1.54) is 5.56 Å². The molecule has 0 aromatic heterocycles. The standard InChI is InChI=1S/C14H20N2O/c1-2-11-5-7-12(8-6-11)14(17)16-9-3-4-13(16)10-15/h5-8,13H,2-4,9-10,15H2,1H3. The van der Waals surface area contributed by atoms with Crippen LogP contribution >= 0.6 is 0 Å². The van der Waals surface area contributed by atoms with Gasteiger partial charge in [0.05, 0.1) is 0 Å². The number of nitrogens with zero attached hydrogens (tertiary/aromatic N) is 1. The van der Waals surface area contributed by atoms with Crippen molar-refractivity contribution in [3.8, 4) is 0 Å². The molecule has 1 aromatic rings. The van der Waals surface area contributed by atoms with E-state index in [4.69, 9.17) is 5.73 Å². The second kappa shape index (κ2) is 5.32. The lowest BCUT2D eigenvalue weighted by atomic mass is 10.1. The molecule has 3 nitrogen and oxygen atoms in total. The molecule has 92 valence electrons. The molecule has 1 heterocycles. The number of hydrogen-bond donors (Lipinski definition) is 1. The Hall–Kier alpha value is -1.35. The molecule has 0 bridgehead atoms. The first kappa shape index (κ1) is 12.1. The van der Waals surface area contributed by atoms with E-state index in [0.717, 1.165) is 31.4 Å². The van der Waals surface area contributed by atoms with Gasteiger partial charge in [-0.15, -0.1) is 0 Å². The highest BCUT2D eigenvalue weighted by Crippen LogP contribution is 2.19. The minimum Gasteiger partial charge on any atom is -0.334 e. The summed E-state index contributed by atoms with van der Waals surface area (Å²) in [5.41, 5.74) is 7.73. The molecular formula is C14H20N2O. The fourth-order valence-corrected chi connectivity index (χ4v) is 2.40. The fourth-order valence-electron chi connectivity index (χ4n) is 2.40. The number of amides is 1. The number of likely N-dealkylation sites (tertiary alicyclic amines) is 1. The minimum atomic E-state index is 0.126. The van der Waals surface area contributed by atoms with Crippen LogP contribution in [0.5, 0.6) is 0 Å². The van der Waals surface area contributed by atoms with E-state index >= 15 is 0 Å². The topological polar surface area (TPSA) is 46.3 Å². The summed E-state index contributed by atoms with van der Waals surface area (Å²) in [4.78, 5) is 14.2. The van der Waals surface area contributed by atoms with E-state index in [0.29, 0.717) is 6.54 Å². The highest BCUT2D eigenvalue weighted by molar-refractivity contribution is 5.94. The summed E-state index contributed by atoms with van der Waals surface area (Å²) < 4.78 is 0. The highest BCUT2D eigenvalue weighted by Gasteiger charge is 2.27. The van der Waals surface area contributed by atoms with Crippen LogP contribution in [0.15, 0.2) is 24.3 Å². The van der Waals surface area contributed by atoms with Crippen LogP contribution < -0.4 is 5.73 Å². The zero-order valence-corrected chi connectivity index (χ0v) is 10.4. The summed E-state index contributed by atoms with van der Waals surface area (Å²) in [6, 6.07) is 8.13. The van der Waals surface area contributed by atoms with E-state index in [1.54, 1.807) is 0 Å². The summed E-state index contributed by atoms with van der Waals surface area (Å²) >= 11 is 0. The number of nitrogens with two attached hydrogens (primary N) is 1. The molecule has 0 saturated carbocycles. The lowest BCUT2D eigenvalue weighted by Gasteiger charge is -2.23. The van der Waals surface area contributed by atoms with Crippen LogP contribution in [0, 0.1) is 0 Å². The van der Waals surface area contributed by atoms with Crippen molar-refractivity contribution in [1.82, 2.24) is 4.90 Å². The Morgan fingerprint density at radius 3 is 2.71 bits per heavy atom. The number of aryl methyl sites for hydroxylation is 1. The highest BCUT2D eigenvalue weighted by atomic mass is 16.2. The predicted molar refractivity (Wildman–Crippen MR) is 68.9 cm³/mol. The normalized spacial score (nSPS) is 19.6. The Balaban J connectivity index is 2.13.